The maximum atomic E-state index is 11.3. The second-order valence-electron chi connectivity index (χ2n) is 4.71. The first-order valence-corrected chi connectivity index (χ1v) is 6.35. The Balaban J connectivity index is 2.10. The van der Waals surface area contributed by atoms with Crippen LogP contribution in [0.3, 0.4) is 0 Å². The highest BCUT2D eigenvalue weighted by molar-refractivity contribution is 5.84. The third-order valence-corrected chi connectivity index (χ3v) is 3.11. The van der Waals surface area contributed by atoms with Crippen molar-refractivity contribution in [2.75, 3.05) is 27.1 Å². The monoisotopic (exact) mass is 298 g/mol. The smallest absolute Gasteiger partial charge is 0.407 e. The lowest BCUT2D eigenvalue weighted by atomic mass is 10.0. The van der Waals surface area contributed by atoms with E-state index in [-0.39, 0.29) is 58.1 Å². The van der Waals surface area contributed by atoms with Gasteiger partial charge >= 0.3 is 6.09 Å². The molecule has 1 aliphatic heterocycles. The Hall–Kier alpha value is -2.01. The van der Waals surface area contributed by atoms with Crippen molar-refractivity contribution in [2.45, 2.75) is 18.8 Å². The van der Waals surface area contributed by atoms with Crippen molar-refractivity contribution in [1.82, 2.24) is 15.2 Å². The summed E-state index contributed by atoms with van der Waals surface area (Å²) in [6.45, 7) is -7.22. The first-order valence-electron chi connectivity index (χ1n) is 11.8. The number of rotatable bonds is 5. The summed E-state index contributed by atoms with van der Waals surface area (Å²) in [7, 11) is 0. The summed E-state index contributed by atoms with van der Waals surface area (Å²) < 4.78 is 91.6. The molecule has 5 heteroatoms. The summed E-state index contributed by atoms with van der Waals surface area (Å²) in [4.78, 5) is 14.0. The second-order valence-corrected chi connectivity index (χ2v) is 4.71. The van der Waals surface area contributed by atoms with E-state index in [1.54, 1.807) is 0 Å². The number of hydrogen-bond donors (Lipinski definition) is 2. The minimum atomic E-state index is -3.10. The Morgan fingerprint density at radius 1 is 1.57 bits per heavy atom. The highest BCUT2D eigenvalue weighted by atomic mass is 16.6. The van der Waals surface area contributed by atoms with Crippen LogP contribution in [0.4, 0.5) is 4.79 Å². The molecule has 1 atom stereocenters. The van der Waals surface area contributed by atoms with Gasteiger partial charge in [-0.05, 0) is 50.0 Å². The summed E-state index contributed by atoms with van der Waals surface area (Å²) in [5, 5.41) is 2.47. The number of hydrogen-bond acceptors (Lipinski definition) is 3. The molecule has 0 aliphatic carbocycles. The molecule has 1 amide bonds. The number of H-pyrrole nitrogens is 1. The molecular weight excluding hydrogens is 266 g/mol. The molecule has 112 valence electrons. The standard InChI is InChI=1S/C16H21N3O2/c1-19(2)6-5-12-9-17-15-4-3-11(8-14(12)15)7-13-10-21-16(20)18-13/h3-4,8-9,13,17H,5-7,10H2,1-2H3,(H,18,20)/t13-/m0/s1/i1D3,2D3,3D,4D,5D2,8D. The number of cyclic esters (lactones) is 1. The molecule has 2 aromatic rings. The largest absolute Gasteiger partial charge is 0.447 e. The quantitative estimate of drug-likeness (QED) is 0.887. The Morgan fingerprint density at radius 3 is 3.24 bits per heavy atom. The van der Waals surface area contributed by atoms with Gasteiger partial charge in [-0.25, -0.2) is 4.79 Å². The fourth-order valence-corrected chi connectivity index (χ4v) is 2.16. The number of alkyl carbamates (subject to hydrolysis) is 1. The van der Waals surface area contributed by atoms with Crippen molar-refractivity contribution in [2.24, 2.45) is 0 Å². The third-order valence-electron chi connectivity index (χ3n) is 3.11. The summed E-state index contributed by atoms with van der Waals surface area (Å²) in [6, 6.07) is -1.38. The fourth-order valence-electron chi connectivity index (χ4n) is 2.16. The van der Waals surface area contributed by atoms with E-state index in [0.717, 1.165) is 6.20 Å². The average Bonchev–Trinajstić information content (AvgIpc) is 3.26. The van der Waals surface area contributed by atoms with Crippen molar-refractivity contribution in [3.63, 3.8) is 0 Å². The van der Waals surface area contributed by atoms with Crippen LogP contribution in [-0.2, 0) is 17.5 Å². The van der Waals surface area contributed by atoms with Crippen molar-refractivity contribution in [1.29, 1.82) is 0 Å². The summed E-state index contributed by atoms with van der Waals surface area (Å²) in [6.07, 6.45) is -2.03. The van der Waals surface area contributed by atoms with Crippen molar-refractivity contribution in [3.8, 4) is 0 Å². The topological polar surface area (TPSA) is 57.4 Å². The van der Waals surface area contributed by atoms with Gasteiger partial charge in [-0.1, -0.05) is 6.04 Å². The second kappa shape index (κ2) is 5.77. The molecule has 3 rings (SSSR count). The zero-order chi connectivity index (χ0) is 24.2. The van der Waals surface area contributed by atoms with Crippen molar-refractivity contribution >= 4 is 17.0 Å². The van der Waals surface area contributed by atoms with Crippen LogP contribution in [0, 0.1) is 0 Å². The normalized spacial score (nSPS) is 27.8. The zero-order valence-electron chi connectivity index (χ0n) is 22.0. The molecule has 1 aromatic carbocycles. The summed E-state index contributed by atoms with van der Waals surface area (Å²) >= 11 is 0. The van der Waals surface area contributed by atoms with Gasteiger partial charge in [0, 0.05) is 34.6 Å². The van der Waals surface area contributed by atoms with Gasteiger partial charge in [0.25, 0.3) is 0 Å². The number of aromatic amines is 1. The molecule has 1 aliphatic rings. The van der Waals surface area contributed by atoms with E-state index in [2.05, 4.69) is 10.3 Å². The molecule has 0 bridgehead atoms. The van der Waals surface area contributed by atoms with E-state index in [1.165, 1.54) is 0 Å². The lowest BCUT2D eigenvalue weighted by molar-refractivity contribution is 0.177. The van der Waals surface area contributed by atoms with E-state index in [1.807, 2.05) is 0 Å². The third kappa shape index (κ3) is 3.19. The minimum absolute atomic E-state index is 0.00338. The number of aromatic nitrogens is 1. The molecule has 1 fully saturated rings. The maximum Gasteiger partial charge on any atom is 0.407 e. The molecule has 0 spiro atoms. The van der Waals surface area contributed by atoms with Crippen molar-refractivity contribution in [3.05, 3.63) is 35.5 Å². The van der Waals surface area contributed by atoms with Gasteiger partial charge in [-0.15, -0.1) is 0 Å². The summed E-state index contributed by atoms with van der Waals surface area (Å²) in [5.41, 5.74) is -0.112. The van der Waals surface area contributed by atoms with Crippen LogP contribution in [0.25, 0.3) is 10.9 Å². The van der Waals surface area contributed by atoms with Crippen LogP contribution < -0.4 is 5.32 Å². The average molecular weight is 298 g/mol. The lowest BCUT2D eigenvalue weighted by Gasteiger charge is -2.09. The molecule has 0 radical (unpaired) electrons. The zero-order valence-corrected chi connectivity index (χ0v) is 11.0. The molecule has 1 saturated heterocycles. The number of nitrogens with one attached hydrogen (secondary N) is 2. The Labute approximate surface area is 139 Å². The van der Waals surface area contributed by atoms with E-state index >= 15 is 0 Å². The number of nitrogens with zero attached hydrogens (tertiary/aromatic N) is 1. The number of benzene rings is 1. The molecule has 2 heterocycles. The van der Waals surface area contributed by atoms with Crippen LogP contribution in [-0.4, -0.2) is 49.1 Å². The van der Waals surface area contributed by atoms with Crippen molar-refractivity contribution < 1.29 is 24.6 Å². The lowest BCUT2D eigenvalue weighted by Crippen LogP contribution is -2.28. The number of carbonyl (C=O) groups excluding carboxylic acids is 1. The Morgan fingerprint density at radius 2 is 2.48 bits per heavy atom. The SMILES string of the molecule is [2H]c1c(C[C@H]2COC(=O)N2)c([2H])c2c(C([2H])([2H])CN(C([2H])([2H])[2H])C([2H])([2H])[2H])c[nH]c2c1[2H]. The van der Waals surface area contributed by atoms with Gasteiger partial charge in [-0.3, -0.25) is 0 Å². The predicted octanol–water partition coefficient (Wildman–Crippen LogP) is 1.92. The number of amides is 1. The van der Waals surface area contributed by atoms with Crippen LogP contribution >= 0.6 is 0 Å². The Bertz CT molecular complexity index is 1030. The number of fused-ring (bicyclic) bond motifs is 1. The number of ether oxygens (including phenoxy) is 1. The number of carbonyl (C=O) groups is 1. The van der Waals surface area contributed by atoms with E-state index in [4.69, 9.17) is 19.8 Å². The van der Waals surface area contributed by atoms with Gasteiger partial charge in [0.1, 0.15) is 6.61 Å². The van der Waals surface area contributed by atoms with Gasteiger partial charge in [-0.2, -0.15) is 0 Å². The first kappa shape index (κ1) is 6.01. The van der Waals surface area contributed by atoms with E-state index in [0.29, 0.717) is 0 Å². The molecule has 5 nitrogen and oxygen atoms in total. The van der Waals surface area contributed by atoms with Gasteiger partial charge in [0.2, 0.25) is 0 Å². The highest BCUT2D eigenvalue weighted by Gasteiger charge is 2.22. The van der Waals surface area contributed by atoms with Crippen LogP contribution in [0.2, 0.25) is 0 Å². The molecule has 1 aromatic heterocycles. The molecule has 2 N–H and O–H groups in total. The Kier molecular flexibility index (Phi) is 1.65. The van der Waals surface area contributed by atoms with Gasteiger partial charge in [0.15, 0.2) is 0 Å². The first-order chi connectivity index (χ1) is 14.5. The van der Waals surface area contributed by atoms with E-state index in [9.17, 15) is 4.79 Å². The molecular formula is C16H21N3O2. The highest BCUT2D eigenvalue weighted by Crippen LogP contribution is 2.21. The van der Waals surface area contributed by atoms with Crippen LogP contribution in [0.5, 0.6) is 0 Å². The van der Waals surface area contributed by atoms with Gasteiger partial charge in [0.05, 0.1) is 10.2 Å². The number of likely N-dealkylation sites (N-methyl/N-ethyl adjacent to an activating group) is 1. The molecule has 21 heavy (non-hydrogen) atoms. The predicted molar refractivity (Wildman–Crippen MR) is 82.5 cm³/mol. The van der Waals surface area contributed by atoms with Crippen LogP contribution in [0.1, 0.15) is 26.2 Å². The molecule has 0 unspecified atom stereocenters. The maximum absolute atomic E-state index is 11.3. The van der Waals surface area contributed by atoms with Gasteiger partial charge < -0.3 is 19.9 Å². The molecule has 0 saturated carbocycles. The fraction of sp³-hybridized carbons (Fsp3) is 0.438. The van der Waals surface area contributed by atoms with Crippen LogP contribution in [0.15, 0.2) is 24.3 Å². The van der Waals surface area contributed by atoms with E-state index < -0.39 is 39.0 Å². The minimum Gasteiger partial charge on any atom is -0.447 e. The summed E-state index contributed by atoms with van der Waals surface area (Å²) in [5.74, 6) is 0.